The highest BCUT2D eigenvalue weighted by Crippen LogP contribution is 2.54. The van der Waals surface area contributed by atoms with Crippen molar-refractivity contribution in [3.63, 3.8) is 0 Å². The van der Waals surface area contributed by atoms with Gasteiger partial charge in [-0.05, 0) is 56.7 Å². The molecule has 5 nitrogen and oxygen atoms in total. The van der Waals surface area contributed by atoms with Crippen LogP contribution in [0.4, 0.5) is 0 Å². The predicted octanol–water partition coefficient (Wildman–Crippen LogP) is 3.78. The van der Waals surface area contributed by atoms with E-state index in [4.69, 9.17) is 4.74 Å². The van der Waals surface area contributed by atoms with Crippen LogP contribution in [0.25, 0.3) is 0 Å². The van der Waals surface area contributed by atoms with Crippen LogP contribution in [0.5, 0.6) is 11.5 Å². The molecule has 1 aromatic rings. The van der Waals surface area contributed by atoms with Gasteiger partial charge >= 0.3 is 0 Å². The van der Waals surface area contributed by atoms with Crippen LogP contribution in [0.15, 0.2) is 23.8 Å². The van der Waals surface area contributed by atoms with Crippen molar-refractivity contribution in [2.45, 2.75) is 77.4 Å². The number of carbonyl (C=O) groups excluding carboxylic acids is 1. The molecule has 1 aliphatic heterocycles. The van der Waals surface area contributed by atoms with Gasteiger partial charge in [-0.2, -0.15) is 0 Å². The summed E-state index contributed by atoms with van der Waals surface area (Å²) in [4.78, 5) is 12.6. The molecule has 3 rings (SSSR count). The first-order valence-electron chi connectivity index (χ1n) is 10.1. The van der Waals surface area contributed by atoms with Gasteiger partial charge in [0.25, 0.3) is 0 Å². The standard InChI is InChI=1S/C23H33NO4/c1-13(12-25)24-21(27)14-7-8-17-16(9-14)20-18(26)10-15(22(2,3)4)11-19(20)28-23(17,5)6/h7,10-11,13,16-17,25-26H,8-9,12H2,1-6H3,(H,24,27)/t13-,16+,17+/m0/s1. The van der Waals surface area contributed by atoms with E-state index in [0.29, 0.717) is 18.4 Å². The number of benzene rings is 1. The molecule has 0 spiro atoms. The molecule has 3 N–H and O–H groups in total. The van der Waals surface area contributed by atoms with Crippen molar-refractivity contribution in [1.82, 2.24) is 5.32 Å². The molecule has 28 heavy (non-hydrogen) atoms. The third kappa shape index (κ3) is 3.77. The number of nitrogens with one attached hydrogen (secondary N) is 1. The molecule has 0 unspecified atom stereocenters. The number of hydrogen-bond acceptors (Lipinski definition) is 4. The lowest BCUT2D eigenvalue weighted by molar-refractivity contribution is -0.118. The van der Waals surface area contributed by atoms with Gasteiger partial charge in [0.05, 0.1) is 6.61 Å². The Morgan fingerprint density at radius 1 is 1.36 bits per heavy atom. The number of phenolic OH excluding ortho intramolecular Hbond substituents is 1. The predicted molar refractivity (Wildman–Crippen MR) is 110 cm³/mol. The van der Waals surface area contributed by atoms with Gasteiger partial charge in [-0.15, -0.1) is 0 Å². The molecule has 2 aliphatic rings. The first-order chi connectivity index (χ1) is 12.9. The SMILES string of the molecule is C[C@@H](CO)NC(=O)C1=CC[C@@H]2[C@@H](C1)c1c(O)cc(C(C)(C)C)cc1OC2(C)C. The Bertz CT molecular complexity index is 804. The lowest BCUT2D eigenvalue weighted by atomic mass is 9.66. The topological polar surface area (TPSA) is 78.8 Å². The van der Waals surface area contributed by atoms with E-state index in [1.807, 2.05) is 18.2 Å². The molecular weight excluding hydrogens is 354 g/mol. The minimum Gasteiger partial charge on any atom is -0.508 e. The van der Waals surface area contributed by atoms with E-state index >= 15 is 0 Å². The second kappa shape index (κ2) is 7.11. The average Bonchev–Trinajstić information content (AvgIpc) is 2.59. The van der Waals surface area contributed by atoms with Crippen molar-refractivity contribution in [3.05, 3.63) is 34.9 Å². The quantitative estimate of drug-likeness (QED) is 0.738. The summed E-state index contributed by atoms with van der Waals surface area (Å²) in [6.45, 7) is 12.2. The highest BCUT2D eigenvalue weighted by molar-refractivity contribution is 5.94. The number of aliphatic hydroxyl groups excluding tert-OH is 1. The van der Waals surface area contributed by atoms with Crippen molar-refractivity contribution >= 4 is 5.91 Å². The second-order valence-electron chi connectivity index (χ2n) is 9.80. The van der Waals surface area contributed by atoms with Crippen LogP contribution >= 0.6 is 0 Å². The van der Waals surface area contributed by atoms with Crippen LogP contribution < -0.4 is 10.1 Å². The van der Waals surface area contributed by atoms with Crippen LogP contribution in [0.3, 0.4) is 0 Å². The zero-order chi connectivity index (χ0) is 20.9. The smallest absolute Gasteiger partial charge is 0.247 e. The maximum atomic E-state index is 12.6. The number of aliphatic hydroxyl groups is 1. The summed E-state index contributed by atoms with van der Waals surface area (Å²) in [5.74, 6) is 1.03. The summed E-state index contributed by atoms with van der Waals surface area (Å²) in [7, 11) is 0. The van der Waals surface area contributed by atoms with E-state index in [-0.39, 0.29) is 41.6 Å². The summed E-state index contributed by atoms with van der Waals surface area (Å²) >= 11 is 0. The number of phenols is 1. The number of carbonyl (C=O) groups is 1. The van der Waals surface area contributed by atoms with E-state index in [2.05, 4.69) is 39.9 Å². The minimum absolute atomic E-state index is 0.0166. The fraction of sp³-hybridized carbons (Fsp3) is 0.609. The van der Waals surface area contributed by atoms with E-state index in [1.54, 1.807) is 6.92 Å². The molecule has 154 valence electrons. The molecule has 0 fully saturated rings. The zero-order valence-electron chi connectivity index (χ0n) is 17.8. The Balaban J connectivity index is 2.00. The molecule has 0 bridgehead atoms. The largest absolute Gasteiger partial charge is 0.508 e. The van der Waals surface area contributed by atoms with Crippen molar-refractivity contribution in [3.8, 4) is 11.5 Å². The van der Waals surface area contributed by atoms with Gasteiger partial charge < -0.3 is 20.3 Å². The van der Waals surface area contributed by atoms with Crippen molar-refractivity contribution < 1.29 is 19.7 Å². The molecule has 0 radical (unpaired) electrons. The van der Waals surface area contributed by atoms with Gasteiger partial charge in [0.2, 0.25) is 5.91 Å². The lowest BCUT2D eigenvalue weighted by Crippen LogP contribution is -2.46. The summed E-state index contributed by atoms with van der Waals surface area (Å²) in [5.41, 5.74) is 2.06. The van der Waals surface area contributed by atoms with Crippen LogP contribution in [-0.2, 0) is 10.2 Å². The zero-order valence-corrected chi connectivity index (χ0v) is 17.8. The molecule has 0 aromatic heterocycles. The number of aromatic hydroxyl groups is 1. The first kappa shape index (κ1) is 20.7. The minimum atomic E-state index is -0.391. The van der Waals surface area contributed by atoms with Gasteiger partial charge in [-0.25, -0.2) is 0 Å². The molecule has 1 heterocycles. The third-order valence-corrected chi connectivity index (χ3v) is 6.11. The molecule has 3 atom stereocenters. The van der Waals surface area contributed by atoms with Crippen molar-refractivity contribution in [1.29, 1.82) is 0 Å². The Labute approximate surface area is 167 Å². The molecular formula is C23H33NO4. The fourth-order valence-corrected chi connectivity index (χ4v) is 4.38. The lowest BCUT2D eigenvalue weighted by Gasteiger charge is -2.47. The van der Waals surface area contributed by atoms with E-state index in [9.17, 15) is 15.0 Å². The van der Waals surface area contributed by atoms with E-state index < -0.39 is 5.60 Å². The highest BCUT2D eigenvalue weighted by atomic mass is 16.5. The van der Waals surface area contributed by atoms with Gasteiger partial charge in [-0.3, -0.25) is 4.79 Å². The van der Waals surface area contributed by atoms with E-state index in [1.165, 1.54) is 0 Å². The summed E-state index contributed by atoms with van der Waals surface area (Å²) in [5, 5.41) is 22.9. The van der Waals surface area contributed by atoms with Gasteiger partial charge in [-0.1, -0.05) is 26.8 Å². The maximum absolute atomic E-state index is 12.6. The van der Waals surface area contributed by atoms with Crippen LogP contribution in [0, 0.1) is 5.92 Å². The van der Waals surface area contributed by atoms with Gasteiger partial charge in [0.1, 0.15) is 17.1 Å². The highest BCUT2D eigenvalue weighted by Gasteiger charge is 2.47. The molecule has 0 saturated carbocycles. The average molecular weight is 388 g/mol. The Hall–Kier alpha value is -2.01. The summed E-state index contributed by atoms with van der Waals surface area (Å²) < 4.78 is 6.36. The third-order valence-electron chi connectivity index (χ3n) is 6.11. The molecule has 5 heteroatoms. The van der Waals surface area contributed by atoms with Crippen LogP contribution in [0.2, 0.25) is 0 Å². The number of rotatable bonds is 3. The number of ether oxygens (including phenoxy) is 1. The summed E-state index contributed by atoms with van der Waals surface area (Å²) in [6.07, 6.45) is 3.25. The first-order valence-corrected chi connectivity index (χ1v) is 10.1. The normalized spacial score (nSPS) is 24.3. The van der Waals surface area contributed by atoms with Crippen molar-refractivity contribution in [2.24, 2.45) is 5.92 Å². The fourth-order valence-electron chi connectivity index (χ4n) is 4.38. The molecule has 1 aromatic carbocycles. The van der Waals surface area contributed by atoms with Gasteiger partial charge in [0.15, 0.2) is 0 Å². The number of fused-ring (bicyclic) bond motifs is 3. The molecule has 1 aliphatic carbocycles. The monoisotopic (exact) mass is 387 g/mol. The Morgan fingerprint density at radius 3 is 2.64 bits per heavy atom. The second-order valence-corrected chi connectivity index (χ2v) is 9.80. The Morgan fingerprint density at radius 2 is 2.04 bits per heavy atom. The molecule has 1 amide bonds. The van der Waals surface area contributed by atoms with E-state index in [0.717, 1.165) is 16.9 Å². The maximum Gasteiger partial charge on any atom is 0.247 e. The van der Waals surface area contributed by atoms with Crippen molar-refractivity contribution in [2.75, 3.05) is 6.61 Å². The molecule has 0 saturated heterocycles. The van der Waals surface area contributed by atoms with Crippen LogP contribution in [0.1, 0.15) is 71.4 Å². The number of hydrogen-bond donors (Lipinski definition) is 3. The summed E-state index contributed by atoms with van der Waals surface area (Å²) in [6, 6.07) is 3.59. The Kier molecular flexibility index (Phi) is 5.26. The van der Waals surface area contributed by atoms with Crippen LogP contribution in [-0.4, -0.2) is 34.4 Å². The number of allylic oxidation sites excluding steroid dienone is 1. The van der Waals surface area contributed by atoms with Gasteiger partial charge in [0, 0.05) is 29.0 Å². The number of amides is 1.